The molecule has 1 aromatic heterocycles. The summed E-state index contributed by atoms with van der Waals surface area (Å²) in [6.45, 7) is 3.00. The van der Waals surface area contributed by atoms with E-state index < -0.39 is 5.97 Å². The van der Waals surface area contributed by atoms with Crippen molar-refractivity contribution in [3.8, 4) is 0 Å². The Morgan fingerprint density at radius 1 is 1.62 bits per heavy atom. The van der Waals surface area contributed by atoms with Gasteiger partial charge in [0.15, 0.2) is 0 Å². The Morgan fingerprint density at radius 2 is 2.38 bits per heavy atom. The fraction of sp³-hybridized carbons (Fsp3) is 0.583. The Kier molecular flexibility index (Phi) is 5.49. The maximum Gasteiger partial charge on any atom is 0.303 e. The first kappa shape index (κ1) is 13.2. The van der Waals surface area contributed by atoms with Crippen LogP contribution in [0.1, 0.15) is 37.1 Å². The number of thiophene rings is 1. The van der Waals surface area contributed by atoms with Gasteiger partial charge >= 0.3 is 5.97 Å². The molecule has 1 heterocycles. The molecular weight excluding hydrogens is 222 g/mol. The lowest BCUT2D eigenvalue weighted by Crippen LogP contribution is -2.25. The number of hydrogen-bond donors (Lipinski definition) is 1. The molecule has 0 saturated carbocycles. The van der Waals surface area contributed by atoms with Crippen LogP contribution >= 0.6 is 11.3 Å². The molecule has 0 fully saturated rings. The monoisotopic (exact) mass is 241 g/mol. The van der Waals surface area contributed by atoms with Crippen molar-refractivity contribution in [2.45, 2.75) is 32.2 Å². The summed E-state index contributed by atoms with van der Waals surface area (Å²) >= 11 is 1.77. The molecular formula is C12H19NO2S. The second kappa shape index (κ2) is 6.66. The van der Waals surface area contributed by atoms with Gasteiger partial charge in [-0.1, -0.05) is 13.0 Å². The normalized spacial score (nSPS) is 12.9. The summed E-state index contributed by atoms with van der Waals surface area (Å²) in [6, 6.07) is 4.63. The molecule has 1 atom stereocenters. The molecule has 0 spiro atoms. The molecule has 0 aliphatic carbocycles. The lowest BCUT2D eigenvalue weighted by Gasteiger charge is -2.26. The van der Waals surface area contributed by atoms with Crippen molar-refractivity contribution in [3.05, 3.63) is 22.4 Å². The van der Waals surface area contributed by atoms with Gasteiger partial charge in [0.25, 0.3) is 0 Å². The van der Waals surface area contributed by atoms with Crippen LogP contribution in [0.5, 0.6) is 0 Å². The quantitative estimate of drug-likeness (QED) is 0.797. The fourth-order valence-corrected chi connectivity index (χ4v) is 2.82. The first-order valence-electron chi connectivity index (χ1n) is 5.60. The van der Waals surface area contributed by atoms with Crippen molar-refractivity contribution in [1.29, 1.82) is 0 Å². The zero-order valence-electron chi connectivity index (χ0n) is 9.85. The topological polar surface area (TPSA) is 40.5 Å². The molecule has 1 N–H and O–H groups in total. The minimum absolute atomic E-state index is 0.255. The highest BCUT2D eigenvalue weighted by Crippen LogP contribution is 2.26. The van der Waals surface area contributed by atoms with Crippen LogP contribution in [-0.2, 0) is 4.79 Å². The smallest absolute Gasteiger partial charge is 0.303 e. The fourth-order valence-electron chi connectivity index (χ4n) is 1.85. The van der Waals surface area contributed by atoms with E-state index >= 15 is 0 Å². The zero-order chi connectivity index (χ0) is 12.0. The SMILES string of the molecule is CCC(c1cccs1)N(C)CCCC(=O)O. The number of carbonyl (C=O) groups is 1. The molecule has 0 aromatic carbocycles. The molecule has 0 aliphatic rings. The molecule has 0 bridgehead atoms. The molecule has 3 nitrogen and oxygen atoms in total. The number of carboxylic acids is 1. The van der Waals surface area contributed by atoms with Gasteiger partial charge in [-0.2, -0.15) is 0 Å². The number of rotatable bonds is 7. The third-order valence-electron chi connectivity index (χ3n) is 2.69. The largest absolute Gasteiger partial charge is 0.481 e. The van der Waals surface area contributed by atoms with Crippen molar-refractivity contribution in [3.63, 3.8) is 0 Å². The van der Waals surface area contributed by atoms with Crippen molar-refractivity contribution in [1.82, 2.24) is 4.90 Å². The van der Waals surface area contributed by atoms with Crippen LogP contribution in [-0.4, -0.2) is 29.6 Å². The Bertz CT molecular complexity index is 311. The van der Waals surface area contributed by atoms with Gasteiger partial charge in [0.1, 0.15) is 0 Å². The predicted octanol–water partition coefficient (Wildman–Crippen LogP) is 3.00. The molecule has 90 valence electrons. The summed E-state index contributed by atoms with van der Waals surface area (Å²) < 4.78 is 0. The van der Waals surface area contributed by atoms with E-state index in [0.717, 1.165) is 13.0 Å². The maximum absolute atomic E-state index is 10.4. The summed E-state index contributed by atoms with van der Waals surface area (Å²) in [5, 5.41) is 10.7. The second-order valence-electron chi connectivity index (χ2n) is 3.92. The molecule has 1 rings (SSSR count). The van der Waals surface area contributed by atoms with Crippen LogP contribution in [0.15, 0.2) is 17.5 Å². The lowest BCUT2D eigenvalue weighted by molar-refractivity contribution is -0.137. The summed E-state index contributed by atoms with van der Waals surface area (Å²) in [5.41, 5.74) is 0. The summed E-state index contributed by atoms with van der Waals surface area (Å²) in [7, 11) is 2.07. The van der Waals surface area contributed by atoms with Crippen LogP contribution in [0.4, 0.5) is 0 Å². The molecule has 1 aromatic rings. The molecule has 0 amide bonds. The predicted molar refractivity (Wildman–Crippen MR) is 66.9 cm³/mol. The Morgan fingerprint density at radius 3 is 2.88 bits per heavy atom. The summed E-state index contributed by atoms with van der Waals surface area (Å²) in [4.78, 5) is 14.0. The van der Waals surface area contributed by atoms with Gasteiger partial charge < -0.3 is 5.11 Å². The van der Waals surface area contributed by atoms with Gasteiger partial charge in [0.05, 0.1) is 0 Å². The van der Waals surface area contributed by atoms with Crippen LogP contribution in [0.25, 0.3) is 0 Å². The van der Waals surface area contributed by atoms with E-state index in [1.165, 1.54) is 4.88 Å². The van der Waals surface area contributed by atoms with E-state index in [4.69, 9.17) is 5.11 Å². The lowest BCUT2D eigenvalue weighted by atomic mass is 10.1. The first-order valence-corrected chi connectivity index (χ1v) is 6.48. The second-order valence-corrected chi connectivity index (χ2v) is 4.90. The van der Waals surface area contributed by atoms with E-state index in [0.29, 0.717) is 12.5 Å². The van der Waals surface area contributed by atoms with E-state index in [9.17, 15) is 4.79 Å². The molecule has 4 heteroatoms. The van der Waals surface area contributed by atoms with Crippen molar-refractivity contribution in [2.75, 3.05) is 13.6 Å². The molecule has 0 saturated heterocycles. The highest BCUT2D eigenvalue weighted by molar-refractivity contribution is 7.10. The first-order chi connectivity index (χ1) is 7.65. The maximum atomic E-state index is 10.4. The van der Waals surface area contributed by atoms with E-state index in [2.05, 4.69) is 36.4 Å². The van der Waals surface area contributed by atoms with Gasteiger partial charge in [0.2, 0.25) is 0 Å². The highest BCUT2D eigenvalue weighted by atomic mass is 32.1. The molecule has 0 aliphatic heterocycles. The van der Waals surface area contributed by atoms with Crippen LogP contribution in [0.3, 0.4) is 0 Å². The summed E-state index contributed by atoms with van der Waals surface area (Å²) in [6.07, 6.45) is 2.03. The molecule has 0 radical (unpaired) electrons. The summed E-state index contributed by atoms with van der Waals surface area (Å²) in [5.74, 6) is -0.711. The zero-order valence-corrected chi connectivity index (χ0v) is 10.7. The van der Waals surface area contributed by atoms with E-state index in [1.54, 1.807) is 11.3 Å². The minimum Gasteiger partial charge on any atom is -0.481 e. The van der Waals surface area contributed by atoms with Gasteiger partial charge in [-0.25, -0.2) is 0 Å². The van der Waals surface area contributed by atoms with Crippen LogP contribution < -0.4 is 0 Å². The minimum atomic E-state index is -0.711. The standard InChI is InChI=1S/C12H19NO2S/c1-3-10(11-6-5-9-16-11)13(2)8-4-7-12(14)15/h5-6,9-10H,3-4,7-8H2,1-2H3,(H,14,15). The van der Waals surface area contributed by atoms with Crippen molar-refractivity contribution in [2.24, 2.45) is 0 Å². The highest BCUT2D eigenvalue weighted by Gasteiger charge is 2.15. The number of aliphatic carboxylic acids is 1. The molecule has 1 unspecified atom stereocenters. The Balaban J connectivity index is 2.44. The van der Waals surface area contributed by atoms with Crippen LogP contribution in [0, 0.1) is 0 Å². The van der Waals surface area contributed by atoms with Gasteiger partial charge in [-0.3, -0.25) is 9.69 Å². The van der Waals surface area contributed by atoms with Gasteiger partial charge in [-0.05, 0) is 37.9 Å². The van der Waals surface area contributed by atoms with Crippen LogP contribution in [0.2, 0.25) is 0 Å². The van der Waals surface area contributed by atoms with Gasteiger partial charge in [0, 0.05) is 17.3 Å². The average molecular weight is 241 g/mol. The Labute approximate surface area is 101 Å². The van der Waals surface area contributed by atoms with E-state index in [-0.39, 0.29) is 6.42 Å². The Hall–Kier alpha value is -0.870. The van der Waals surface area contributed by atoms with Gasteiger partial charge in [-0.15, -0.1) is 11.3 Å². The number of carboxylic acid groups (broad SMARTS) is 1. The van der Waals surface area contributed by atoms with Crippen molar-refractivity contribution >= 4 is 17.3 Å². The molecule has 16 heavy (non-hydrogen) atoms. The number of hydrogen-bond acceptors (Lipinski definition) is 3. The third-order valence-corrected chi connectivity index (χ3v) is 3.67. The van der Waals surface area contributed by atoms with Crippen molar-refractivity contribution < 1.29 is 9.90 Å². The third kappa shape index (κ3) is 3.94. The average Bonchev–Trinajstić information content (AvgIpc) is 2.71. The van der Waals surface area contributed by atoms with E-state index in [1.807, 2.05) is 0 Å². The number of nitrogens with zero attached hydrogens (tertiary/aromatic N) is 1.